The van der Waals surface area contributed by atoms with Crippen LogP contribution in [-0.4, -0.2) is 34.8 Å². The first-order chi connectivity index (χ1) is 6.08. The van der Waals surface area contributed by atoms with Gasteiger partial charge in [-0.1, -0.05) is 6.92 Å². The topological polar surface area (TPSA) is 72.8 Å². The fourth-order valence-corrected chi connectivity index (χ4v) is 1.33. The molecule has 0 aromatic rings. The minimum atomic E-state index is -1.78. The summed E-state index contributed by atoms with van der Waals surface area (Å²) in [7, 11) is -1.78. The Balaban J connectivity index is 3.97. The van der Waals surface area contributed by atoms with Crippen molar-refractivity contribution in [1.82, 2.24) is 0 Å². The molecule has 0 heterocycles. The van der Waals surface area contributed by atoms with Crippen molar-refractivity contribution in [2.24, 2.45) is 0 Å². The Morgan fingerprint density at radius 3 is 2.62 bits per heavy atom. The predicted molar refractivity (Wildman–Crippen MR) is 51.6 cm³/mol. The average Bonchev–Trinajstić information content (AvgIpc) is 2.15. The summed E-state index contributed by atoms with van der Waals surface area (Å²) < 4.78 is 4.89. The maximum Gasteiger partial charge on any atom is 0.216 e. The fraction of sp³-hybridized carbons (Fsp3) is 0.875. The number of rotatable bonds is 6. The van der Waals surface area contributed by atoms with Crippen molar-refractivity contribution in [2.45, 2.75) is 32.3 Å². The molecule has 0 amide bonds. The van der Waals surface area contributed by atoms with Gasteiger partial charge in [-0.2, -0.15) is 4.52 Å². The fourth-order valence-electron chi connectivity index (χ4n) is 0.817. The molecule has 0 bridgehead atoms. The minimum absolute atomic E-state index is 0.00358. The molecule has 0 aliphatic carbocycles. The van der Waals surface area contributed by atoms with Gasteiger partial charge in [0.2, 0.25) is 8.00 Å². The SMILES string of the molecule is CC=[P+]([O-])OCC(O)(CC)CCO. The van der Waals surface area contributed by atoms with Gasteiger partial charge in [0.05, 0.1) is 5.60 Å². The van der Waals surface area contributed by atoms with E-state index in [0.29, 0.717) is 6.42 Å². The summed E-state index contributed by atoms with van der Waals surface area (Å²) in [4.78, 5) is 10.9. The third-order valence-electron chi connectivity index (χ3n) is 1.91. The second-order valence-corrected chi connectivity index (χ2v) is 4.21. The van der Waals surface area contributed by atoms with Crippen molar-refractivity contribution in [3.63, 3.8) is 0 Å². The zero-order chi connectivity index (χ0) is 10.3. The molecule has 0 saturated carbocycles. The van der Waals surface area contributed by atoms with Crippen molar-refractivity contribution in [3.05, 3.63) is 0 Å². The van der Waals surface area contributed by atoms with E-state index in [1.54, 1.807) is 13.8 Å². The van der Waals surface area contributed by atoms with Gasteiger partial charge >= 0.3 is 0 Å². The second kappa shape index (κ2) is 6.46. The molecule has 4 nitrogen and oxygen atoms in total. The van der Waals surface area contributed by atoms with Crippen LogP contribution in [0, 0.1) is 0 Å². The molecule has 5 heteroatoms. The van der Waals surface area contributed by atoms with Gasteiger partial charge in [0.15, 0.2) is 0 Å². The molecule has 2 unspecified atom stereocenters. The van der Waals surface area contributed by atoms with Crippen LogP contribution in [0.2, 0.25) is 0 Å². The highest BCUT2D eigenvalue weighted by molar-refractivity contribution is 7.44. The molecule has 0 fully saturated rings. The first-order valence-corrected chi connectivity index (χ1v) is 5.54. The summed E-state index contributed by atoms with van der Waals surface area (Å²) in [5.41, 5.74) is -1.05. The van der Waals surface area contributed by atoms with E-state index in [1.807, 2.05) is 0 Å². The van der Waals surface area contributed by atoms with Gasteiger partial charge in [-0.15, -0.1) is 0 Å². The van der Waals surface area contributed by atoms with Gasteiger partial charge in [-0.3, -0.25) is 0 Å². The number of hydrogen-bond acceptors (Lipinski definition) is 4. The molecule has 2 atom stereocenters. The Morgan fingerprint density at radius 2 is 2.23 bits per heavy atom. The highest BCUT2D eigenvalue weighted by Gasteiger charge is 2.26. The molecule has 0 aromatic carbocycles. The molecule has 0 aromatic heterocycles. The van der Waals surface area contributed by atoms with E-state index in [-0.39, 0.29) is 19.6 Å². The lowest BCUT2D eigenvalue weighted by atomic mass is 9.98. The lowest BCUT2D eigenvalue weighted by molar-refractivity contribution is -0.177. The summed E-state index contributed by atoms with van der Waals surface area (Å²) in [5.74, 6) is 1.43. The Morgan fingerprint density at radius 1 is 1.62 bits per heavy atom. The monoisotopic (exact) mass is 208 g/mol. The summed E-state index contributed by atoms with van der Waals surface area (Å²) in [6, 6.07) is 0. The van der Waals surface area contributed by atoms with Crippen LogP contribution < -0.4 is 4.89 Å². The van der Waals surface area contributed by atoms with Crippen LogP contribution in [0.25, 0.3) is 0 Å². The normalized spacial score (nSPS) is 17.2. The Hall–Kier alpha value is 0.01000. The van der Waals surface area contributed by atoms with Crippen LogP contribution in [0.1, 0.15) is 26.7 Å². The lowest BCUT2D eigenvalue weighted by Crippen LogP contribution is -2.34. The molecular weight excluding hydrogens is 191 g/mol. The molecule has 78 valence electrons. The van der Waals surface area contributed by atoms with Gasteiger partial charge in [-0.25, -0.2) is 0 Å². The van der Waals surface area contributed by atoms with Crippen LogP contribution in [-0.2, 0) is 4.52 Å². The van der Waals surface area contributed by atoms with Crippen molar-refractivity contribution in [2.75, 3.05) is 13.2 Å². The molecule has 2 N–H and O–H groups in total. The first kappa shape index (κ1) is 13.0. The Bertz CT molecular complexity index is 172. The van der Waals surface area contributed by atoms with E-state index in [2.05, 4.69) is 0 Å². The predicted octanol–water partition coefficient (Wildman–Crippen LogP) is 0.0208. The number of aliphatic hydroxyl groups excluding tert-OH is 1. The van der Waals surface area contributed by atoms with Gasteiger partial charge < -0.3 is 15.1 Å². The van der Waals surface area contributed by atoms with E-state index in [4.69, 9.17) is 9.63 Å². The van der Waals surface area contributed by atoms with E-state index in [1.165, 1.54) is 5.80 Å². The highest BCUT2D eigenvalue weighted by Crippen LogP contribution is 2.20. The lowest BCUT2D eigenvalue weighted by Gasteiger charge is -2.23. The Kier molecular flexibility index (Phi) is 6.47. The van der Waals surface area contributed by atoms with Gasteiger partial charge in [0.25, 0.3) is 0 Å². The van der Waals surface area contributed by atoms with Gasteiger partial charge in [0.1, 0.15) is 12.4 Å². The Labute approximate surface area is 79.7 Å². The van der Waals surface area contributed by atoms with E-state index in [0.717, 1.165) is 0 Å². The molecule has 0 rings (SSSR count). The van der Waals surface area contributed by atoms with Crippen LogP contribution in [0.15, 0.2) is 0 Å². The zero-order valence-electron chi connectivity index (χ0n) is 8.06. The highest BCUT2D eigenvalue weighted by atomic mass is 31.1. The molecule has 0 radical (unpaired) electrons. The standard InChI is InChI=1S/C8H17O4P/c1-3-8(10,5-6-9)7-12-13(11)4-2/h4,9-10H,3,5-7H2,1-2H3. The molecule has 0 aliphatic heterocycles. The van der Waals surface area contributed by atoms with E-state index >= 15 is 0 Å². The van der Waals surface area contributed by atoms with Crippen molar-refractivity contribution < 1.29 is 19.6 Å². The molecule has 13 heavy (non-hydrogen) atoms. The van der Waals surface area contributed by atoms with Crippen LogP contribution in [0.4, 0.5) is 0 Å². The number of aliphatic hydroxyl groups is 2. The van der Waals surface area contributed by atoms with Crippen molar-refractivity contribution in [1.29, 1.82) is 0 Å². The van der Waals surface area contributed by atoms with E-state index < -0.39 is 13.6 Å². The van der Waals surface area contributed by atoms with Crippen molar-refractivity contribution in [3.8, 4) is 0 Å². The van der Waals surface area contributed by atoms with Crippen molar-refractivity contribution >= 4 is 13.8 Å². The van der Waals surface area contributed by atoms with Crippen LogP contribution in [0.5, 0.6) is 0 Å². The molecular formula is C8H17O4P. The average molecular weight is 208 g/mol. The minimum Gasteiger partial charge on any atom is -0.603 e. The third-order valence-corrected chi connectivity index (χ3v) is 2.71. The smallest absolute Gasteiger partial charge is 0.216 e. The third kappa shape index (κ3) is 5.34. The second-order valence-electron chi connectivity index (χ2n) is 2.87. The van der Waals surface area contributed by atoms with Crippen LogP contribution in [0.3, 0.4) is 0 Å². The van der Waals surface area contributed by atoms with Gasteiger partial charge in [0, 0.05) is 13.0 Å². The van der Waals surface area contributed by atoms with Gasteiger partial charge in [-0.05, 0) is 13.3 Å². The van der Waals surface area contributed by atoms with E-state index in [9.17, 15) is 10.00 Å². The molecule has 0 spiro atoms. The summed E-state index contributed by atoms with van der Waals surface area (Å²) >= 11 is 0. The maximum atomic E-state index is 10.9. The summed E-state index contributed by atoms with van der Waals surface area (Å²) in [5, 5.41) is 18.4. The maximum absolute atomic E-state index is 10.9. The summed E-state index contributed by atoms with van der Waals surface area (Å²) in [6.45, 7) is 3.33. The molecule has 0 saturated heterocycles. The quantitative estimate of drug-likeness (QED) is 0.603. The zero-order valence-corrected chi connectivity index (χ0v) is 8.96. The van der Waals surface area contributed by atoms with Crippen LogP contribution >= 0.6 is 8.00 Å². The largest absolute Gasteiger partial charge is 0.603 e. The number of hydrogen-bond donors (Lipinski definition) is 2. The first-order valence-electron chi connectivity index (χ1n) is 4.30. The molecule has 0 aliphatic rings. The summed E-state index contributed by atoms with van der Waals surface area (Å²) in [6.07, 6.45) is 0.719.